The molecule has 2 aromatic carbocycles. The summed E-state index contributed by atoms with van der Waals surface area (Å²) in [5.74, 6) is 0.0502. The Kier molecular flexibility index (Phi) is 6.05. The minimum Gasteiger partial charge on any atom is -0.352 e. The highest BCUT2D eigenvalue weighted by molar-refractivity contribution is 9.10. The fourth-order valence-corrected chi connectivity index (χ4v) is 3.50. The minimum absolute atomic E-state index is 0.0502. The first-order valence-electron chi connectivity index (χ1n) is 8.50. The number of carbonyl (C=O) groups is 1. The van der Waals surface area contributed by atoms with E-state index in [0.717, 1.165) is 22.1 Å². The zero-order valence-corrected chi connectivity index (χ0v) is 15.4. The van der Waals surface area contributed by atoms with Crippen molar-refractivity contribution >= 4 is 21.8 Å². The summed E-state index contributed by atoms with van der Waals surface area (Å²) in [5, 5.41) is 2.99. The quantitative estimate of drug-likeness (QED) is 0.816. The molecule has 1 amide bonds. The minimum atomic E-state index is 0.0502. The molecule has 1 N–H and O–H groups in total. The van der Waals surface area contributed by atoms with Crippen molar-refractivity contribution < 1.29 is 4.79 Å². The third-order valence-corrected chi connectivity index (χ3v) is 4.86. The molecule has 0 spiro atoms. The van der Waals surface area contributed by atoms with Crippen LogP contribution in [0, 0.1) is 0 Å². The third-order valence-electron chi connectivity index (χ3n) is 4.37. The molecule has 1 heterocycles. The second kappa shape index (κ2) is 8.45. The van der Waals surface area contributed by atoms with Gasteiger partial charge in [0, 0.05) is 17.6 Å². The van der Waals surface area contributed by atoms with Gasteiger partial charge in [0.05, 0.1) is 6.42 Å². The number of carbonyl (C=O) groups excluding carboxylic acids is 1. The maximum absolute atomic E-state index is 12.1. The van der Waals surface area contributed by atoms with Crippen molar-refractivity contribution in [2.75, 3.05) is 13.1 Å². The molecule has 0 unspecified atom stereocenters. The Labute approximate surface area is 152 Å². The molecule has 1 aliphatic heterocycles. The fraction of sp³-hybridized carbons (Fsp3) is 0.350. The second-order valence-corrected chi connectivity index (χ2v) is 7.30. The predicted octanol–water partition coefficient (Wildman–Crippen LogP) is 3.90. The van der Waals surface area contributed by atoms with Gasteiger partial charge >= 0.3 is 0 Å². The summed E-state index contributed by atoms with van der Waals surface area (Å²) in [4.78, 5) is 14.6. The lowest BCUT2D eigenvalue weighted by Gasteiger charge is -2.14. The highest BCUT2D eigenvalue weighted by atomic mass is 79.9. The monoisotopic (exact) mass is 386 g/mol. The molecule has 4 heteroatoms. The van der Waals surface area contributed by atoms with Crippen molar-refractivity contribution in [2.45, 2.75) is 32.4 Å². The summed E-state index contributed by atoms with van der Waals surface area (Å²) in [6, 6.07) is 16.4. The number of nitrogens with one attached hydrogen (secondary N) is 1. The van der Waals surface area contributed by atoms with Crippen molar-refractivity contribution in [2.24, 2.45) is 0 Å². The van der Waals surface area contributed by atoms with Gasteiger partial charge in [0.25, 0.3) is 0 Å². The molecule has 0 atom stereocenters. The van der Waals surface area contributed by atoms with Crippen LogP contribution in [0.25, 0.3) is 0 Å². The Morgan fingerprint density at radius 3 is 2.42 bits per heavy atom. The summed E-state index contributed by atoms with van der Waals surface area (Å²) in [7, 11) is 0. The van der Waals surface area contributed by atoms with Gasteiger partial charge in [-0.1, -0.05) is 52.3 Å². The smallest absolute Gasteiger partial charge is 0.224 e. The number of hydrogen-bond acceptors (Lipinski definition) is 2. The lowest BCUT2D eigenvalue weighted by Crippen LogP contribution is -2.24. The van der Waals surface area contributed by atoms with Gasteiger partial charge in [0.1, 0.15) is 0 Å². The van der Waals surface area contributed by atoms with Crippen molar-refractivity contribution in [3.05, 3.63) is 69.7 Å². The van der Waals surface area contributed by atoms with Crippen LogP contribution in [0.5, 0.6) is 0 Å². The summed E-state index contributed by atoms with van der Waals surface area (Å²) < 4.78 is 1.00. The van der Waals surface area contributed by atoms with E-state index in [2.05, 4.69) is 50.4 Å². The lowest BCUT2D eigenvalue weighted by molar-refractivity contribution is -0.120. The van der Waals surface area contributed by atoms with Gasteiger partial charge in [-0.25, -0.2) is 0 Å². The van der Waals surface area contributed by atoms with Crippen LogP contribution in [-0.4, -0.2) is 23.9 Å². The molecular formula is C20H23BrN2O. The van der Waals surface area contributed by atoms with Crippen LogP contribution in [-0.2, 0) is 24.3 Å². The van der Waals surface area contributed by atoms with Crippen LogP contribution in [0.15, 0.2) is 53.0 Å². The van der Waals surface area contributed by atoms with E-state index < -0.39 is 0 Å². The summed E-state index contributed by atoms with van der Waals surface area (Å²) in [5.41, 5.74) is 3.51. The van der Waals surface area contributed by atoms with E-state index in [0.29, 0.717) is 13.0 Å². The molecule has 0 bridgehead atoms. The summed E-state index contributed by atoms with van der Waals surface area (Å²) >= 11 is 3.43. The molecular weight excluding hydrogens is 364 g/mol. The van der Waals surface area contributed by atoms with Gasteiger partial charge < -0.3 is 5.32 Å². The van der Waals surface area contributed by atoms with E-state index in [1.807, 2.05) is 24.3 Å². The zero-order chi connectivity index (χ0) is 16.8. The van der Waals surface area contributed by atoms with E-state index in [4.69, 9.17) is 0 Å². The molecule has 1 saturated heterocycles. The number of rotatable bonds is 6. The molecule has 0 aliphatic carbocycles. The van der Waals surface area contributed by atoms with Crippen LogP contribution in [0.2, 0.25) is 0 Å². The van der Waals surface area contributed by atoms with Gasteiger partial charge in [0.2, 0.25) is 5.91 Å². The van der Waals surface area contributed by atoms with Crippen molar-refractivity contribution in [1.82, 2.24) is 10.2 Å². The summed E-state index contributed by atoms with van der Waals surface area (Å²) in [6.45, 7) is 4.05. The Morgan fingerprint density at radius 2 is 1.71 bits per heavy atom. The SMILES string of the molecule is O=C(Cc1cccc(Br)c1)NCc1ccc(CN2CCCC2)cc1. The Bertz CT molecular complexity index is 678. The number of halogens is 1. The number of benzene rings is 2. The average molecular weight is 387 g/mol. The number of nitrogens with zero attached hydrogens (tertiary/aromatic N) is 1. The van der Waals surface area contributed by atoms with Crippen LogP contribution in [0.4, 0.5) is 0 Å². The van der Waals surface area contributed by atoms with E-state index in [1.165, 1.54) is 31.5 Å². The zero-order valence-electron chi connectivity index (χ0n) is 13.8. The molecule has 1 fully saturated rings. The topological polar surface area (TPSA) is 32.3 Å². The normalized spacial score (nSPS) is 14.7. The van der Waals surface area contributed by atoms with Gasteiger partial charge in [-0.3, -0.25) is 9.69 Å². The van der Waals surface area contributed by atoms with Crippen molar-refractivity contribution in [3.63, 3.8) is 0 Å². The second-order valence-electron chi connectivity index (χ2n) is 6.38. The molecule has 1 aliphatic rings. The van der Waals surface area contributed by atoms with Gasteiger partial charge in [-0.2, -0.15) is 0 Å². The number of likely N-dealkylation sites (tertiary alicyclic amines) is 1. The standard InChI is InChI=1S/C20H23BrN2O/c21-19-5-3-4-18(12-19)13-20(24)22-14-16-6-8-17(9-7-16)15-23-10-1-2-11-23/h3-9,12H,1-2,10-11,13-15H2,(H,22,24). The van der Waals surface area contributed by atoms with Crippen LogP contribution in [0.1, 0.15) is 29.5 Å². The van der Waals surface area contributed by atoms with Gasteiger partial charge in [-0.05, 0) is 54.8 Å². The predicted molar refractivity (Wildman–Crippen MR) is 101 cm³/mol. The van der Waals surface area contributed by atoms with Gasteiger partial charge in [0.15, 0.2) is 0 Å². The van der Waals surface area contributed by atoms with Crippen LogP contribution >= 0.6 is 15.9 Å². The molecule has 3 nitrogen and oxygen atoms in total. The van der Waals surface area contributed by atoms with E-state index in [9.17, 15) is 4.79 Å². The van der Waals surface area contributed by atoms with E-state index >= 15 is 0 Å². The largest absolute Gasteiger partial charge is 0.352 e. The molecule has 0 saturated carbocycles. The first-order valence-corrected chi connectivity index (χ1v) is 9.30. The average Bonchev–Trinajstić information content (AvgIpc) is 3.07. The third kappa shape index (κ3) is 5.18. The van der Waals surface area contributed by atoms with Gasteiger partial charge in [-0.15, -0.1) is 0 Å². The van der Waals surface area contributed by atoms with E-state index in [-0.39, 0.29) is 5.91 Å². The molecule has 126 valence electrons. The fourth-order valence-electron chi connectivity index (χ4n) is 3.06. The number of hydrogen-bond donors (Lipinski definition) is 1. The molecule has 2 aromatic rings. The number of amides is 1. The molecule has 0 aromatic heterocycles. The highest BCUT2D eigenvalue weighted by Crippen LogP contribution is 2.14. The molecule has 0 radical (unpaired) electrons. The van der Waals surface area contributed by atoms with E-state index in [1.54, 1.807) is 0 Å². The molecule has 24 heavy (non-hydrogen) atoms. The van der Waals surface area contributed by atoms with Crippen molar-refractivity contribution in [1.29, 1.82) is 0 Å². The summed E-state index contributed by atoms with van der Waals surface area (Å²) in [6.07, 6.45) is 3.05. The maximum atomic E-state index is 12.1. The Balaban J connectivity index is 1.46. The first-order chi connectivity index (χ1) is 11.7. The van der Waals surface area contributed by atoms with Crippen LogP contribution in [0.3, 0.4) is 0 Å². The van der Waals surface area contributed by atoms with Crippen molar-refractivity contribution in [3.8, 4) is 0 Å². The Morgan fingerprint density at radius 1 is 1.00 bits per heavy atom. The maximum Gasteiger partial charge on any atom is 0.224 e. The molecule has 3 rings (SSSR count). The Hall–Kier alpha value is -1.65. The first kappa shape index (κ1) is 17.2. The van der Waals surface area contributed by atoms with Crippen LogP contribution < -0.4 is 5.32 Å². The lowest BCUT2D eigenvalue weighted by atomic mass is 10.1. The highest BCUT2D eigenvalue weighted by Gasteiger charge is 2.11.